The number of aromatic hydroxyl groups is 1. The van der Waals surface area contributed by atoms with E-state index >= 15 is 0 Å². The van der Waals surface area contributed by atoms with Gasteiger partial charge in [-0.15, -0.1) is 0 Å². The number of phenolic OH excluding ortho intramolecular Hbond substituents is 1. The monoisotopic (exact) mass is 476 g/mol. The number of fused-ring (bicyclic) bond motifs is 1. The number of esters is 1. The van der Waals surface area contributed by atoms with Crippen LogP contribution in [0, 0.1) is 6.92 Å². The highest BCUT2D eigenvalue weighted by Crippen LogP contribution is 2.42. The first-order chi connectivity index (χ1) is 16.0. The number of phenols is 1. The van der Waals surface area contributed by atoms with Crippen molar-refractivity contribution in [3.8, 4) is 5.75 Å². The molecular formula is C24H28O10. The molecule has 5 atom stereocenters. The van der Waals surface area contributed by atoms with Crippen LogP contribution in [-0.2, 0) is 25.5 Å². The van der Waals surface area contributed by atoms with Gasteiger partial charge in [-0.3, -0.25) is 9.59 Å². The highest BCUT2D eigenvalue weighted by Gasteiger charge is 2.49. The molecule has 10 heteroatoms. The van der Waals surface area contributed by atoms with Crippen LogP contribution in [0.15, 0.2) is 33.0 Å². The van der Waals surface area contributed by atoms with Crippen LogP contribution in [0.3, 0.4) is 0 Å². The third-order valence-corrected chi connectivity index (χ3v) is 5.84. The van der Waals surface area contributed by atoms with E-state index in [0.29, 0.717) is 5.56 Å². The zero-order valence-electron chi connectivity index (χ0n) is 19.3. The summed E-state index contributed by atoms with van der Waals surface area (Å²) in [4.78, 5) is 37.0. The maximum atomic E-state index is 12.9. The number of ketones is 1. The smallest absolute Gasteiger partial charge is 0.333 e. The Bertz CT molecular complexity index is 1190. The molecule has 2 aromatic rings. The first-order valence-corrected chi connectivity index (χ1v) is 10.7. The van der Waals surface area contributed by atoms with Gasteiger partial charge in [0.05, 0.1) is 24.0 Å². The van der Waals surface area contributed by atoms with Gasteiger partial charge in [-0.2, -0.15) is 0 Å². The molecule has 1 aromatic carbocycles. The average molecular weight is 476 g/mol. The van der Waals surface area contributed by atoms with Crippen LogP contribution in [0.25, 0.3) is 11.0 Å². The number of hydrogen-bond acceptors (Lipinski definition) is 10. The molecular weight excluding hydrogens is 448 g/mol. The van der Waals surface area contributed by atoms with Gasteiger partial charge in [0.25, 0.3) is 0 Å². The molecule has 10 nitrogen and oxygen atoms in total. The molecule has 0 aliphatic carbocycles. The van der Waals surface area contributed by atoms with Crippen molar-refractivity contribution in [2.75, 3.05) is 6.61 Å². The molecule has 34 heavy (non-hydrogen) atoms. The zero-order valence-corrected chi connectivity index (χ0v) is 19.3. The van der Waals surface area contributed by atoms with Crippen molar-refractivity contribution >= 4 is 22.7 Å². The maximum Gasteiger partial charge on any atom is 0.333 e. The molecule has 3 rings (SSSR count). The number of carbonyl (C=O) groups excluding carboxylic acids is 2. The van der Waals surface area contributed by atoms with Gasteiger partial charge in [-0.05, 0) is 39.3 Å². The number of aliphatic hydroxyl groups excluding tert-OH is 3. The van der Waals surface area contributed by atoms with Crippen LogP contribution in [0.1, 0.15) is 43.8 Å². The summed E-state index contributed by atoms with van der Waals surface area (Å²) in [6.07, 6.45) is -6.24. The maximum absolute atomic E-state index is 12.9. The molecule has 184 valence electrons. The summed E-state index contributed by atoms with van der Waals surface area (Å²) in [5, 5.41) is 41.8. The standard InChI is InChI=1S/C24H28O10/c1-5-10(2)24(31)34-23-20(30)19(29)16(9-25)33-22(23)18-14(27)6-11(3)17-15(28)8-13(7-12(4)26)32-21(17)18/h5-6,8,16,19-20,22-23,25,27,29-30H,7,9H2,1-4H3/b10-5+/t16-,19-,20+,22+,23-/m1/s1. The average Bonchev–Trinajstić information content (AvgIpc) is 2.76. The minimum absolute atomic E-state index is 0.0460. The van der Waals surface area contributed by atoms with E-state index in [-0.39, 0.29) is 45.8 Å². The third-order valence-electron chi connectivity index (χ3n) is 5.84. The molecule has 0 amide bonds. The molecule has 1 saturated heterocycles. The van der Waals surface area contributed by atoms with Crippen molar-refractivity contribution in [2.45, 2.75) is 64.6 Å². The van der Waals surface area contributed by atoms with E-state index in [1.54, 1.807) is 13.8 Å². The summed E-state index contributed by atoms with van der Waals surface area (Å²) < 4.78 is 17.0. The minimum atomic E-state index is -1.70. The van der Waals surface area contributed by atoms with Crippen molar-refractivity contribution in [1.29, 1.82) is 0 Å². The Hall–Kier alpha value is -3.05. The van der Waals surface area contributed by atoms with Crippen molar-refractivity contribution in [2.24, 2.45) is 0 Å². The molecule has 0 bridgehead atoms. The van der Waals surface area contributed by atoms with Crippen LogP contribution in [0.4, 0.5) is 0 Å². The lowest BCUT2D eigenvalue weighted by molar-refractivity contribution is -0.240. The Balaban J connectivity index is 2.27. The number of carbonyl (C=O) groups is 2. The van der Waals surface area contributed by atoms with Gasteiger partial charge in [0, 0.05) is 11.6 Å². The first kappa shape index (κ1) is 25.6. The normalized spacial score (nSPS) is 25.4. The van der Waals surface area contributed by atoms with Crippen molar-refractivity contribution in [3.63, 3.8) is 0 Å². The SMILES string of the molecule is C/C=C(\C)C(=O)O[C@@H]1[C@@H](O)[C@H](O)[C@@H](CO)O[C@H]1c1c(O)cc(C)c2c(=O)cc(CC(C)=O)oc12. The Labute approximate surface area is 195 Å². The summed E-state index contributed by atoms with van der Waals surface area (Å²) in [6, 6.07) is 2.48. The quantitative estimate of drug-likeness (QED) is 0.349. The van der Waals surface area contributed by atoms with Gasteiger partial charge in [-0.1, -0.05) is 6.08 Å². The number of ether oxygens (including phenoxy) is 2. The van der Waals surface area contributed by atoms with Crippen LogP contribution >= 0.6 is 0 Å². The first-order valence-electron chi connectivity index (χ1n) is 10.7. The fourth-order valence-electron chi connectivity index (χ4n) is 3.97. The Morgan fingerprint density at radius 1 is 1.18 bits per heavy atom. The summed E-state index contributed by atoms with van der Waals surface area (Å²) in [6.45, 7) is 5.32. The topological polar surface area (TPSA) is 164 Å². The van der Waals surface area contributed by atoms with Gasteiger partial charge in [-0.25, -0.2) is 4.79 Å². The van der Waals surface area contributed by atoms with Crippen LogP contribution in [-0.4, -0.2) is 63.2 Å². The van der Waals surface area contributed by atoms with Gasteiger partial charge in [0.1, 0.15) is 47.3 Å². The second kappa shape index (κ2) is 10.1. The molecule has 2 heterocycles. The van der Waals surface area contributed by atoms with E-state index in [1.807, 2.05) is 0 Å². The molecule has 1 aliphatic rings. The number of allylic oxidation sites excluding steroid dienone is 1. The van der Waals surface area contributed by atoms with Gasteiger partial charge >= 0.3 is 5.97 Å². The third kappa shape index (κ3) is 4.76. The Kier molecular flexibility index (Phi) is 7.57. The fourth-order valence-corrected chi connectivity index (χ4v) is 3.97. The minimum Gasteiger partial charge on any atom is -0.507 e. The van der Waals surface area contributed by atoms with Gasteiger partial charge in [0.2, 0.25) is 0 Å². The summed E-state index contributed by atoms with van der Waals surface area (Å²) in [5.74, 6) is -1.40. The highest BCUT2D eigenvalue weighted by atomic mass is 16.6. The number of hydrogen-bond donors (Lipinski definition) is 4. The number of benzene rings is 1. The molecule has 1 aliphatic heterocycles. The summed E-state index contributed by atoms with van der Waals surface area (Å²) >= 11 is 0. The Morgan fingerprint density at radius 3 is 2.44 bits per heavy atom. The molecule has 0 spiro atoms. The van der Waals surface area contributed by atoms with Crippen LogP contribution in [0.2, 0.25) is 0 Å². The second-order valence-corrected chi connectivity index (χ2v) is 8.39. The Morgan fingerprint density at radius 2 is 1.85 bits per heavy atom. The van der Waals surface area contributed by atoms with Crippen molar-refractivity contribution in [1.82, 2.24) is 0 Å². The summed E-state index contributed by atoms with van der Waals surface area (Å²) in [7, 11) is 0. The number of Topliss-reactive ketones (excluding diaryl/α,β-unsaturated/α-hetero) is 1. The molecule has 0 unspecified atom stereocenters. The van der Waals surface area contributed by atoms with E-state index in [9.17, 15) is 34.8 Å². The van der Waals surface area contributed by atoms with E-state index in [0.717, 1.165) is 0 Å². The van der Waals surface area contributed by atoms with Gasteiger partial charge in [0.15, 0.2) is 11.5 Å². The van der Waals surface area contributed by atoms with Crippen molar-refractivity contribution in [3.05, 3.63) is 50.9 Å². The zero-order chi connectivity index (χ0) is 25.3. The molecule has 0 saturated carbocycles. The van der Waals surface area contributed by atoms with Crippen LogP contribution in [0.5, 0.6) is 5.75 Å². The lowest BCUT2D eigenvalue weighted by Gasteiger charge is -2.42. The number of rotatable bonds is 6. The number of aryl methyl sites for hydroxylation is 1. The lowest BCUT2D eigenvalue weighted by Crippen LogP contribution is -2.56. The largest absolute Gasteiger partial charge is 0.507 e. The fraction of sp³-hybridized carbons (Fsp3) is 0.458. The predicted molar refractivity (Wildman–Crippen MR) is 119 cm³/mol. The predicted octanol–water partition coefficient (Wildman–Crippen LogP) is 0.971. The van der Waals surface area contributed by atoms with Crippen LogP contribution < -0.4 is 5.43 Å². The second-order valence-electron chi connectivity index (χ2n) is 8.39. The molecule has 4 N–H and O–H groups in total. The molecule has 1 aromatic heterocycles. The van der Waals surface area contributed by atoms with E-state index < -0.39 is 48.5 Å². The lowest BCUT2D eigenvalue weighted by atomic mass is 9.89. The molecule has 0 radical (unpaired) electrons. The van der Waals surface area contributed by atoms with Crippen molar-refractivity contribution < 1.29 is 43.9 Å². The number of aliphatic hydroxyl groups is 3. The van der Waals surface area contributed by atoms with E-state index in [4.69, 9.17) is 13.9 Å². The highest BCUT2D eigenvalue weighted by molar-refractivity contribution is 5.88. The summed E-state index contributed by atoms with van der Waals surface area (Å²) in [5.41, 5.74) is -0.103. The van der Waals surface area contributed by atoms with Gasteiger partial charge < -0.3 is 34.3 Å². The van der Waals surface area contributed by atoms with E-state index in [2.05, 4.69) is 0 Å². The molecule has 1 fully saturated rings. The van der Waals surface area contributed by atoms with E-state index in [1.165, 1.54) is 32.1 Å².